The van der Waals surface area contributed by atoms with E-state index in [4.69, 9.17) is 4.74 Å². The Morgan fingerprint density at radius 2 is 1.94 bits per heavy atom. The molecule has 0 bridgehead atoms. The van der Waals surface area contributed by atoms with Gasteiger partial charge >= 0.3 is 0 Å². The van der Waals surface area contributed by atoms with E-state index >= 15 is 0 Å². The highest BCUT2D eigenvalue weighted by atomic mass is 16.5. The van der Waals surface area contributed by atoms with E-state index in [0.717, 1.165) is 31.1 Å². The quantitative estimate of drug-likeness (QED) is 0.725. The maximum absolute atomic E-state index is 5.38. The smallest absolute Gasteiger partial charge is 0.142 e. The van der Waals surface area contributed by atoms with Crippen molar-refractivity contribution < 1.29 is 4.74 Å². The van der Waals surface area contributed by atoms with Crippen LogP contribution in [0.3, 0.4) is 0 Å². The number of hydrogen-bond acceptors (Lipinski definition) is 3. The van der Waals surface area contributed by atoms with Gasteiger partial charge in [-0.3, -0.25) is 0 Å². The molecule has 1 aromatic carbocycles. The fourth-order valence-corrected chi connectivity index (χ4v) is 1.77. The Kier molecular flexibility index (Phi) is 5.12. The highest BCUT2D eigenvalue weighted by Gasteiger charge is 2.06. The van der Waals surface area contributed by atoms with Crippen LogP contribution in [0.4, 0.5) is 5.69 Å². The second-order valence-corrected chi connectivity index (χ2v) is 3.94. The van der Waals surface area contributed by atoms with Crippen LogP contribution in [-0.4, -0.2) is 26.7 Å². The van der Waals surface area contributed by atoms with Crippen molar-refractivity contribution in [1.29, 1.82) is 0 Å². The summed E-state index contributed by atoms with van der Waals surface area (Å²) >= 11 is 0. The molecule has 3 nitrogen and oxygen atoms in total. The van der Waals surface area contributed by atoms with Crippen molar-refractivity contribution in [2.24, 2.45) is 0 Å². The minimum atomic E-state index is 0.911. The van der Waals surface area contributed by atoms with Crippen LogP contribution in [0.1, 0.15) is 18.1 Å². The number of methoxy groups -OCH3 is 1. The molecule has 90 valence electrons. The maximum Gasteiger partial charge on any atom is 0.142 e. The summed E-state index contributed by atoms with van der Waals surface area (Å²) in [6.07, 6.45) is 0. The zero-order valence-corrected chi connectivity index (χ0v) is 10.7. The lowest BCUT2D eigenvalue weighted by Crippen LogP contribution is -2.22. The molecule has 0 aromatic heterocycles. The molecule has 0 unspecified atom stereocenters. The monoisotopic (exact) mass is 222 g/mol. The molecular weight excluding hydrogens is 200 g/mol. The van der Waals surface area contributed by atoms with E-state index in [1.807, 2.05) is 0 Å². The molecule has 1 rings (SSSR count). The third kappa shape index (κ3) is 3.42. The third-order valence-corrected chi connectivity index (χ3v) is 2.52. The van der Waals surface area contributed by atoms with E-state index in [1.165, 1.54) is 11.1 Å². The summed E-state index contributed by atoms with van der Waals surface area (Å²) in [5, 5.41) is 6.69. The van der Waals surface area contributed by atoms with Gasteiger partial charge in [0.05, 0.1) is 12.8 Å². The molecule has 0 amide bonds. The highest BCUT2D eigenvalue weighted by Crippen LogP contribution is 2.29. The summed E-state index contributed by atoms with van der Waals surface area (Å²) in [5.74, 6) is 0.925. The molecule has 3 heteroatoms. The van der Waals surface area contributed by atoms with Crippen LogP contribution < -0.4 is 15.4 Å². The van der Waals surface area contributed by atoms with Crippen molar-refractivity contribution in [3.63, 3.8) is 0 Å². The third-order valence-electron chi connectivity index (χ3n) is 2.52. The van der Waals surface area contributed by atoms with E-state index in [0.29, 0.717) is 0 Å². The summed E-state index contributed by atoms with van der Waals surface area (Å²) in [6.45, 7) is 9.17. The Morgan fingerprint density at radius 1 is 1.19 bits per heavy atom. The van der Waals surface area contributed by atoms with Gasteiger partial charge in [0.1, 0.15) is 5.75 Å². The van der Waals surface area contributed by atoms with Gasteiger partial charge in [0, 0.05) is 13.1 Å². The largest absolute Gasteiger partial charge is 0.495 e. The molecule has 0 aliphatic carbocycles. The molecule has 0 spiro atoms. The summed E-state index contributed by atoms with van der Waals surface area (Å²) in [4.78, 5) is 0. The van der Waals surface area contributed by atoms with Gasteiger partial charge in [0.15, 0.2) is 0 Å². The molecule has 2 N–H and O–H groups in total. The van der Waals surface area contributed by atoms with Crippen LogP contribution in [0, 0.1) is 13.8 Å². The van der Waals surface area contributed by atoms with E-state index in [1.54, 1.807) is 7.11 Å². The van der Waals surface area contributed by atoms with E-state index in [-0.39, 0.29) is 0 Å². The molecule has 0 fully saturated rings. The number of rotatable bonds is 6. The second-order valence-electron chi connectivity index (χ2n) is 3.94. The lowest BCUT2D eigenvalue weighted by molar-refractivity contribution is 0.416. The van der Waals surface area contributed by atoms with Gasteiger partial charge in [-0.15, -0.1) is 0 Å². The molecule has 0 saturated heterocycles. The van der Waals surface area contributed by atoms with E-state index in [9.17, 15) is 0 Å². The first kappa shape index (κ1) is 12.8. The number of benzene rings is 1. The van der Waals surface area contributed by atoms with Gasteiger partial charge in [-0.25, -0.2) is 0 Å². The Morgan fingerprint density at radius 3 is 2.56 bits per heavy atom. The SMILES string of the molecule is CCNCCNc1c(C)cc(C)cc1OC. The lowest BCUT2D eigenvalue weighted by Gasteiger charge is -2.15. The molecule has 1 aromatic rings. The molecule has 0 radical (unpaired) electrons. The molecule has 0 aliphatic rings. The minimum Gasteiger partial charge on any atom is -0.495 e. The van der Waals surface area contributed by atoms with Crippen molar-refractivity contribution in [3.8, 4) is 5.75 Å². The lowest BCUT2D eigenvalue weighted by atomic mass is 10.1. The number of ether oxygens (including phenoxy) is 1. The predicted molar refractivity (Wildman–Crippen MR) is 69.5 cm³/mol. The van der Waals surface area contributed by atoms with Gasteiger partial charge in [0.2, 0.25) is 0 Å². The molecule has 0 heterocycles. The Hall–Kier alpha value is -1.22. The van der Waals surface area contributed by atoms with Crippen molar-refractivity contribution in [2.45, 2.75) is 20.8 Å². The number of anilines is 1. The second kappa shape index (κ2) is 6.38. The Balaban J connectivity index is 2.70. The Bertz CT molecular complexity index is 337. The minimum absolute atomic E-state index is 0.911. The van der Waals surface area contributed by atoms with Gasteiger partial charge < -0.3 is 15.4 Å². The molecule has 0 aliphatic heterocycles. The summed E-state index contributed by atoms with van der Waals surface area (Å²) < 4.78 is 5.38. The molecule has 0 saturated carbocycles. The zero-order chi connectivity index (χ0) is 12.0. The van der Waals surface area contributed by atoms with Gasteiger partial charge in [-0.05, 0) is 37.6 Å². The normalized spacial score (nSPS) is 10.2. The highest BCUT2D eigenvalue weighted by molar-refractivity contribution is 5.63. The van der Waals surface area contributed by atoms with Crippen LogP contribution >= 0.6 is 0 Å². The number of likely N-dealkylation sites (N-methyl/N-ethyl adjacent to an activating group) is 1. The van der Waals surface area contributed by atoms with Crippen LogP contribution in [-0.2, 0) is 0 Å². The van der Waals surface area contributed by atoms with Gasteiger partial charge in [0.25, 0.3) is 0 Å². The fourth-order valence-electron chi connectivity index (χ4n) is 1.77. The summed E-state index contributed by atoms with van der Waals surface area (Å²) in [5.41, 5.74) is 3.56. The van der Waals surface area contributed by atoms with E-state index in [2.05, 4.69) is 43.5 Å². The van der Waals surface area contributed by atoms with Crippen LogP contribution in [0.2, 0.25) is 0 Å². The first-order valence-electron chi connectivity index (χ1n) is 5.78. The first-order valence-corrected chi connectivity index (χ1v) is 5.78. The molecule has 16 heavy (non-hydrogen) atoms. The molecular formula is C13H22N2O. The van der Waals surface area contributed by atoms with E-state index < -0.39 is 0 Å². The van der Waals surface area contributed by atoms with Gasteiger partial charge in [-0.2, -0.15) is 0 Å². The van der Waals surface area contributed by atoms with Crippen molar-refractivity contribution >= 4 is 5.69 Å². The van der Waals surface area contributed by atoms with Crippen molar-refractivity contribution in [3.05, 3.63) is 23.3 Å². The van der Waals surface area contributed by atoms with Crippen molar-refractivity contribution in [1.82, 2.24) is 5.32 Å². The number of aryl methyl sites for hydroxylation is 2. The van der Waals surface area contributed by atoms with Crippen LogP contribution in [0.15, 0.2) is 12.1 Å². The maximum atomic E-state index is 5.38. The standard InChI is InChI=1S/C13H22N2O/c1-5-14-6-7-15-13-11(3)8-10(2)9-12(13)16-4/h8-9,14-15H,5-7H2,1-4H3. The summed E-state index contributed by atoms with van der Waals surface area (Å²) in [7, 11) is 1.71. The molecule has 0 atom stereocenters. The topological polar surface area (TPSA) is 33.3 Å². The van der Waals surface area contributed by atoms with Crippen LogP contribution in [0.25, 0.3) is 0 Å². The number of hydrogen-bond donors (Lipinski definition) is 2. The number of nitrogens with one attached hydrogen (secondary N) is 2. The fraction of sp³-hybridized carbons (Fsp3) is 0.538. The van der Waals surface area contributed by atoms with Crippen molar-refractivity contribution in [2.75, 3.05) is 32.1 Å². The average molecular weight is 222 g/mol. The first-order chi connectivity index (χ1) is 7.69. The van der Waals surface area contributed by atoms with Gasteiger partial charge in [-0.1, -0.05) is 13.0 Å². The summed E-state index contributed by atoms with van der Waals surface area (Å²) in [6, 6.07) is 4.22. The van der Waals surface area contributed by atoms with Crippen LogP contribution in [0.5, 0.6) is 5.75 Å². The average Bonchev–Trinajstić information content (AvgIpc) is 2.26. The predicted octanol–water partition coefficient (Wildman–Crippen LogP) is 2.33. The Labute approximate surface area is 98.2 Å². The zero-order valence-electron chi connectivity index (χ0n) is 10.7.